The van der Waals surface area contributed by atoms with E-state index in [0.29, 0.717) is 6.07 Å². The normalized spacial score (nSPS) is 10.1. The topological polar surface area (TPSA) is 80.2 Å². The number of benzene rings is 1. The van der Waals surface area contributed by atoms with Crippen molar-refractivity contribution in [2.45, 2.75) is 6.54 Å². The molecule has 6 nitrogen and oxygen atoms in total. The van der Waals surface area contributed by atoms with Crippen LogP contribution in [0.25, 0.3) is 0 Å². The number of hydrogen-bond donors (Lipinski definition) is 2. The Balaban J connectivity index is 1.93. The third-order valence-electron chi connectivity index (χ3n) is 2.71. The standard InChI is InChI=1S/C14H11F2N3O3/c15-10-5-4-9(7-11(10)16)14(22)18-17-12(20)8-19-6-2-1-3-13(19)21/h1-7H,8H2,(H,17,20)(H,18,22). The molecule has 8 heteroatoms. The Hall–Kier alpha value is -3.03. The molecule has 0 aliphatic rings. The molecule has 2 aromatic rings. The van der Waals surface area contributed by atoms with Crippen LogP contribution in [0.1, 0.15) is 10.4 Å². The third kappa shape index (κ3) is 3.75. The number of aromatic nitrogens is 1. The second-order valence-corrected chi connectivity index (χ2v) is 4.30. The molecule has 0 bridgehead atoms. The second kappa shape index (κ2) is 6.61. The monoisotopic (exact) mass is 307 g/mol. The summed E-state index contributed by atoms with van der Waals surface area (Å²) in [5.74, 6) is -3.71. The molecule has 0 spiro atoms. The van der Waals surface area contributed by atoms with Crippen LogP contribution in [-0.2, 0) is 11.3 Å². The zero-order valence-corrected chi connectivity index (χ0v) is 11.2. The molecule has 2 N–H and O–H groups in total. The molecule has 0 radical (unpaired) electrons. The van der Waals surface area contributed by atoms with Gasteiger partial charge in [0.2, 0.25) is 0 Å². The van der Waals surface area contributed by atoms with Gasteiger partial charge in [0.05, 0.1) is 0 Å². The highest BCUT2D eigenvalue weighted by atomic mass is 19.2. The average molecular weight is 307 g/mol. The van der Waals surface area contributed by atoms with Crippen LogP contribution in [0.2, 0.25) is 0 Å². The maximum atomic E-state index is 13.0. The molecule has 0 unspecified atom stereocenters. The lowest BCUT2D eigenvalue weighted by Crippen LogP contribution is -2.44. The number of nitrogens with zero attached hydrogens (tertiary/aromatic N) is 1. The first kappa shape index (κ1) is 15.4. The van der Waals surface area contributed by atoms with Gasteiger partial charge in [0.25, 0.3) is 17.4 Å². The van der Waals surface area contributed by atoms with Crippen LogP contribution in [0, 0.1) is 11.6 Å². The second-order valence-electron chi connectivity index (χ2n) is 4.30. The number of pyridine rings is 1. The summed E-state index contributed by atoms with van der Waals surface area (Å²) in [4.78, 5) is 34.7. The molecule has 0 saturated carbocycles. The van der Waals surface area contributed by atoms with E-state index in [1.165, 1.54) is 18.3 Å². The van der Waals surface area contributed by atoms with E-state index in [1.807, 2.05) is 5.43 Å². The van der Waals surface area contributed by atoms with Crippen molar-refractivity contribution < 1.29 is 18.4 Å². The maximum Gasteiger partial charge on any atom is 0.269 e. The molecule has 22 heavy (non-hydrogen) atoms. The van der Waals surface area contributed by atoms with Gasteiger partial charge in [-0.1, -0.05) is 6.07 Å². The van der Waals surface area contributed by atoms with Crippen molar-refractivity contribution in [3.8, 4) is 0 Å². The Kier molecular flexibility index (Phi) is 4.62. The fourth-order valence-electron chi connectivity index (χ4n) is 1.62. The largest absolute Gasteiger partial charge is 0.306 e. The number of halogens is 2. The summed E-state index contributed by atoms with van der Waals surface area (Å²) in [6, 6.07) is 6.97. The quantitative estimate of drug-likeness (QED) is 0.814. The highest BCUT2D eigenvalue weighted by Crippen LogP contribution is 2.08. The molecule has 2 amide bonds. The molecule has 0 saturated heterocycles. The Labute approximate surface area is 123 Å². The summed E-state index contributed by atoms with van der Waals surface area (Å²) >= 11 is 0. The molecule has 2 rings (SSSR count). The van der Waals surface area contributed by atoms with Crippen molar-refractivity contribution in [1.29, 1.82) is 0 Å². The van der Waals surface area contributed by atoms with Crippen LogP contribution in [-0.4, -0.2) is 16.4 Å². The van der Waals surface area contributed by atoms with Gasteiger partial charge in [-0.15, -0.1) is 0 Å². The van der Waals surface area contributed by atoms with Gasteiger partial charge in [-0.3, -0.25) is 25.2 Å². The van der Waals surface area contributed by atoms with Crippen molar-refractivity contribution in [2.24, 2.45) is 0 Å². The van der Waals surface area contributed by atoms with E-state index in [-0.39, 0.29) is 17.7 Å². The van der Waals surface area contributed by atoms with Gasteiger partial charge >= 0.3 is 0 Å². The lowest BCUT2D eigenvalue weighted by atomic mass is 10.2. The molecule has 0 atom stereocenters. The minimum Gasteiger partial charge on any atom is -0.306 e. The number of hydrogen-bond acceptors (Lipinski definition) is 3. The number of carbonyl (C=O) groups excluding carboxylic acids is 2. The predicted octanol–water partition coefficient (Wildman–Crippen LogP) is 0.588. The summed E-state index contributed by atoms with van der Waals surface area (Å²) in [5.41, 5.74) is 3.59. The summed E-state index contributed by atoms with van der Waals surface area (Å²) in [7, 11) is 0. The van der Waals surface area contributed by atoms with Gasteiger partial charge in [-0.25, -0.2) is 8.78 Å². The first-order valence-electron chi connectivity index (χ1n) is 6.17. The minimum absolute atomic E-state index is 0.156. The first-order valence-corrected chi connectivity index (χ1v) is 6.17. The number of carbonyl (C=O) groups is 2. The van der Waals surface area contributed by atoms with Gasteiger partial charge in [0, 0.05) is 17.8 Å². The van der Waals surface area contributed by atoms with Crippen molar-refractivity contribution in [3.63, 3.8) is 0 Å². The molecule has 0 fully saturated rings. The molecule has 1 aromatic carbocycles. The molecule has 1 aromatic heterocycles. The molecule has 1 heterocycles. The lowest BCUT2D eigenvalue weighted by Gasteiger charge is -2.08. The van der Waals surface area contributed by atoms with Crippen LogP contribution in [0.15, 0.2) is 47.4 Å². The lowest BCUT2D eigenvalue weighted by molar-refractivity contribution is -0.122. The summed E-state index contributed by atoms with van der Waals surface area (Å²) in [6.07, 6.45) is 1.42. The van der Waals surface area contributed by atoms with E-state index in [4.69, 9.17) is 0 Å². The first-order chi connectivity index (χ1) is 10.5. The van der Waals surface area contributed by atoms with Crippen molar-refractivity contribution in [3.05, 3.63) is 70.1 Å². The van der Waals surface area contributed by atoms with Gasteiger partial charge in [-0.05, 0) is 24.3 Å². The predicted molar refractivity (Wildman–Crippen MR) is 72.7 cm³/mol. The Morgan fingerprint density at radius 1 is 1.05 bits per heavy atom. The summed E-state index contributed by atoms with van der Waals surface area (Å²) in [5, 5.41) is 0. The van der Waals surface area contributed by atoms with E-state index in [9.17, 15) is 23.2 Å². The summed E-state index contributed by atoms with van der Waals surface area (Å²) in [6.45, 7) is -0.294. The molecule has 0 aliphatic carbocycles. The fraction of sp³-hybridized carbons (Fsp3) is 0.0714. The number of rotatable bonds is 3. The smallest absolute Gasteiger partial charge is 0.269 e. The Bertz CT molecular complexity index is 774. The number of hydrazine groups is 1. The number of nitrogens with one attached hydrogen (secondary N) is 2. The van der Waals surface area contributed by atoms with E-state index in [0.717, 1.165) is 16.7 Å². The van der Waals surface area contributed by atoms with Gasteiger partial charge in [0.15, 0.2) is 11.6 Å². The van der Waals surface area contributed by atoms with Crippen LogP contribution in [0.5, 0.6) is 0 Å². The zero-order chi connectivity index (χ0) is 16.1. The minimum atomic E-state index is -1.17. The van der Waals surface area contributed by atoms with Crippen molar-refractivity contribution in [2.75, 3.05) is 0 Å². The Morgan fingerprint density at radius 2 is 1.82 bits per heavy atom. The molecular weight excluding hydrogens is 296 g/mol. The molecule has 114 valence electrons. The van der Waals surface area contributed by atoms with Crippen LogP contribution < -0.4 is 16.4 Å². The maximum absolute atomic E-state index is 13.0. The van der Waals surface area contributed by atoms with Crippen molar-refractivity contribution >= 4 is 11.8 Å². The highest BCUT2D eigenvalue weighted by molar-refractivity contribution is 5.95. The summed E-state index contributed by atoms with van der Waals surface area (Å²) < 4.78 is 26.9. The van der Waals surface area contributed by atoms with Gasteiger partial charge in [0.1, 0.15) is 6.54 Å². The van der Waals surface area contributed by atoms with E-state index >= 15 is 0 Å². The molecular formula is C14H11F2N3O3. The highest BCUT2D eigenvalue weighted by Gasteiger charge is 2.11. The van der Waals surface area contributed by atoms with Gasteiger partial charge < -0.3 is 4.57 Å². The van der Waals surface area contributed by atoms with Gasteiger partial charge in [-0.2, -0.15) is 0 Å². The SMILES string of the molecule is O=C(Cn1ccccc1=O)NNC(=O)c1ccc(F)c(F)c1. The van der Waals surface area contributed by atoms with Crippen LogP contribution in [0.3, 0.4) is 0 Å². The average Bonchev–Trinajstić information content (AvgIpc) is 2.50. The van der Waals surface area contributed by atoms with E-state index in [2.05, 4.69) is 5.43 Å². The van der Waals surface area contributed by atoms with Crippen LogP contribution in [0.4, 0.5) is 8.78 Å². The van der Waals surface area contributed by atoms with Crippen molar-refractivity contribution in [1.82, 2.24) is 15.4 Å². The molecule has 0 aliphatic heterocycles. The van der Waals surface area contributed by atoms with E-state index < -0.39 is 23.4 Å². The number of amides is 2. The van der Waals surface area contributed by atoms with Crippen LogP contribution >= 0.6 is 0 Å². The third-order valence-corrected chi connectivity index (χ3v) is 2.71. The Morgan fingerprint density at radius 3 is 2.50 bits per heavy atom. The van der Waals surface area contributed by atoms with E-state index in [1.54, 1.807) is 6.07 Å². The fourth-order valence-corrected chi connectivity index (χ4v) is 1.62. The zero-order valence-electron chi connectivity index (χ0n) is 11.2.